The molecular weight excluding hydrogens is 434 g/mol. The molecule has 1 fully saturated rings. The van der Waals surface area contributed by atoms with Crippen LogP contribution in [0.1, 0.15) is 41.4 Å². The van der Waals surface area contributed by atoms with Crippen LogP contribution in [0.4, 0.5) is 0 Å². The zero-order valence-electron chi connectivity index (χ0n) is 20.8. The van der Waals surface area contributed by atoms with Gasteiger partial charge in [0.25, 0.3) is 5.91 Å². The molecular formula is C30H35N3O2. The average molecular weight is 470 g/mol. The number of hydrogen-bond donors (Lipinski definition) is 0. The van der Waals surface area contributed by atoms with Crippen LogP contribution in [-0.4, -0.2) is 73.0 Å². The Morgan fingerprint density at radius 2 is 1.40 bits per heavy atom. The molecule has 0 N–H and O–H groups in total. The van der Waals surface area contributed by atoms with E-state index in [2.05, 4.69) is 72.2 Å². The molecule has 1 heterocycles. The third-order valence-corrected chi connectivity index (χ3v) is 7.44. The van der Waals surface area contributed by atoms with Crippen LogP contribution >= 0.6 is 0 Å². The summed E-state index contributed by atoms with van der Waals surface area (Å²) in [7, 11) is 0. The molecule has 5 heteroatoms. The molecule has 3 aromatic rings. The fraction of sp³-hybridized carbons (Fsp3) is 0.367. The Balaban J connectivity index is 1.26. The Hall–Kier alpha value is -3.15. The second kappa shape index (κ2) is 10.6. The first-order valence-electron chi connectivity index (χ1n) is 12.9. The van der Waals surface area contributed by atoms with Gasteiger partial charge in [-0.15, -0.1) is 0 Å². The highest BCUT2D eigenvalue weighted by atomic mass is 16.5. The first-order valence-corrected chi connectivity index (χ1v) is 12.9. The van der Waals surface area contributed by atoms with Gasteiger partial charge in [0.15, 0.2) is 0 Å². The van der Waals surface area contributed by atoms with Crippen LogP contribution in [-0.2, 0) is 0 Å². The Bertz CT molecular complexity index is 1120. The van der Waals surface area contributed by atoms with Gasteiger partial charge in [0, 0.05) is 32.7 Å². The molecule has 0 spiro atoms. The predicted molar refractivity (Wildman–Crippen MR) is 141 cm³/mol. The highest BCUT2D eigenvalue weighted by Crippen LogP contribution is 2.46. The number of likely N-dealkylation sites (N-methyl/N-ethyl adjacent to an activating group) is 1. The fourth-order valence-electron chi connectivity index (χ4n) is 5.47. The van der Waals surface area contributed by atoms with E-state index in [4.69, 9.17) is 4.74 Å². The summed E-state index contributed by atoms with van der Waals surface area (Å²) >= 11 is 0. The molecule has 0 unspecified atom stereocenters. The normalized spacial score (nSPS) is 15.8. The van der Waals surface area contributed by atoms with E-state index in [9.17, 15) is 4.79 Å². The van der Waals surface area contributed by atoms with Gasteiger partial charge in [-0.05, 0) is 47.5 Å². The number of hydrogen-bond acceptors (Lipinski definition) is 4. The number of rotatable bonds is 8. The summed E-state index contributed by atoms with van der Waals surface area (Å²) in [6, 6.07) is 25.4. The number of ether oxygens (including phenoxy) is 1. The van der Waals surface area contributed by atoms with Gasteiger partial charge in [0.05, 0.1) is 11.6 Å². The monoisotopic (exact) mass is 469 g/mol. The first-order chi connectivity index (χ1) is 17.2. The number of carbonyl (C=O) groups excluding carboxylic acids is 1. The van der Waals surface area contributed by atoms with Crippen molar-refractivity contribution in [1.82, 2.24) is 14.7 Å². The van der Waals surface area contributed by atoms with Crippen LogP contribution < -0.4 is 4.74 Å². The van der Waals surface area contributed by atoms with Crippen molar-refractivity contribution in [3.63, 3.8) is 0 Å². The molecule has 0 radical (unpaired) electrons. The van der Waals surface area contributed by atoms with E-state index in [1.807, 2.05) is 29.2 Å². The Morgan fingerprint density at radius 3 is 2.03 bits per heavy atom. The van der Waals surface area contributed by atoms with Crippen LogP contribution in [0.15, 0.2) is 72.8 Å². The summed E-state index contributed by atoms with van der Waals surface area (Å²) in [6.45, 7) is 10.9. The number of fused-ring (bicyclic) bond motifs is 3. The molecule has 0 bridgehead atoms. The second-order valence-electron chi connectivity index (χ2n) is 9.28. The van der Waals surface area contributed by atoms with E-state index in [0.717, 1.165) is 32.7 Å². The molecule has 182 valence electrons. The largest absolute Gasteiger partial charge is 0.491 e. The van der Waals surface area contributed by atoms with E-state index in [-0.39, 0.29) is 11.9 Å². The van der Waals surface area contributed by atoms with E-state index in [1.165, 1.54) is 22.3 Å². The summed E-state index contributed by atoms with van der Waals surface area (Å²) in [6.07, 6.45) is 0. The zero-order chi connectivity index (χ0) is 24.2. The Morgan fingerprint density at radius 1 is 0.829 bits per heavy atom. The summed E-state index contributed by atoms with van der Waals surface area (Å²) in [4.78, 5) is 20.3. The molecule has 5 nitrogen and oxygen atoms in total. The van der Waals surface area contributed by atoms with Gasteiger partial charge in [-0.3, -0.25) is 9.69 Å². The minimum absolute atomic E-state index is 0.0651. The highest BCUT2D eigenvalue weighted by molar-refractivity contribution is 5.97. The molecule has 2 aliphatic rings. The van der Waals surface area contributed by atoms with Gasteiger partial charge in [-0.25, -0.2) is 0 Å². The van der Waals surface area contributed by atoms with Crippen molar-refractivity contribution in [2.75, 3.05) is 52.4 Å². The van der Waals surface area contributed by atoms with Crippen LogP contribution in [0.2, 0.25) is 0 Å². The molecule has 1 saturated heterocycles. The van der Waals surface area contributed by atoms with Gasteiger partial charge in [-0.2, -0.15) is 0 Å². The number of nitrogens with zero attached hydrogens (tertiary/aromatic N) is 3. The van der Waals surface area contributed by atoms with Crippen molar-refractivity contribution >= 4 is 5.91 Å². The van der Waals surface area contributed by atoms with Gasteiger partial charge >= 0.3 is 0 Å². The maximum absolute atomic E-state index is 13.5. The lowest BCUT2D eigenvalue weighted by atomic mass is 10.0. The lowest BCUT2D eigenvalue weighted by Crippen LogP contribution is -2.49. The van der Waals surface area contributed by atoms with Gasteiger partial charge in [0.1, 0.15) is 12.4 Å². The summed E-state index contributed by atoms with van der Waals surface area (Å²) < 4.78 is 6.06. The predicted octanol–water partition coefficient (Wildman–Crippen LogP) is 4.94. The number of amides is 1. The average Bonchev–Trinajstić information content (AvgIpc) is 3.25. The highest BCUT2D eigenvalue weighted by Gasteiger charge is 2.35. The van der Waals surface area contributed by atoms with E-state index >= 15 is 0 Å². The standard InChI is InChI=1S/C30H35N3O2/c1-3-31(4-2)21-22-35-28-16-10-9-15-27(28)30(34)33-19-17-32(18-20-33)29-25-13-7-5-11-23(25)24-12-6-8-14-26(24)29/h5-16,29H,3-4,17-22H2,1-2H3. The topological polar surface area (TPSA) is 36.0 Å². The smallest absolute Gasteiger partial charge is 0.257 e. The minimum Gasteiger partial charge on any atom is -0.491 e. The van der Waals surface area contributed by atoms with Crippen molar-refractivity contribution in [3.05, 3.63) is 89.5 Å². The van der Waals surface area contributed by atoms with E-state index in [1.54, 1.807) is 0 Å². The lowest BCUT2D eigenvalue weighted by molar-refractivity contribution is 0.0595. The van der Waals surface area contributed by atoms with Crippen LogP contribution in [0.3, 0.4) is 0 Å². The fourth-order valence-corrected chi connectivity index (χ4v) is 5.47. The Labute approximate surface area is 208 Å². The summed E-state index contributed by atoms with van der Waals surface area (Å²) in [5.74, 6) is 0.751. The van der Waals surface area contributed by atoms with Crippen molar-refractivity contribution in [2.45, 2.75) is 19.9 Å². The van der Waals surface area contributed by atoms with E-state index < -0.39 is 0 Å². The van der Waals surface area contributed by atoms with Crippen LogP contribution in [0.5, 0.6) is 5.75 Å². The molecule has 1 amide bonds. The first kappa shape index (κ1) is 23.6. The number of piperazine rings is 1. The number of para-hydroxylation sites is 1. The van der Waals surface area contributed by atoms with Gasteiger partial charge in [0.2, 0.25) is 0 Å². The van der Waals surface area contributed by atoms with Gasteiger partial charge < -0.3 is 14.5 Å². The van der Waals surface area contributed by atoms with Gasteiger partial charge in [-0.1, -0.05) is 74.5 Å². The molecule has 35 heavy (non-hydrogen) atoms. The quantitative estimate of drug-likeness (QED) is 0.468. The number of benzene rings is 3. The SMILES string of the molecule is CCN(CC)CCOc1ccccc1C(=O)N1CCN(C2c3ccccc3-c3ccccc32)CC1. The molecule has 3 aromatic carbocycles. The van der Waals surface area contributed by atoms with Crippen molar-refractivity contribution in [1.29, 1.82) is 0 Å². The molecule has 0 saturated carbocycles. The van der Waals surface area contributed by atoms with Crippen molar-refractivity contribution < 1.29 is 9.53 Å². The molecule has 1 aliphatic heterocycles. The maximum atomic E-state index is 13.5. The van der Waals surface area contributed by atoms with Crippen molar-refractivity contribution in [2.24, 2.45) is 0 Å². The molecule has 0 atom stereocenters. The van der Waals surface area contributed by atoms with Crippen LogP contribution in [0.25, 0.3) is 11.1 Å². The third kappa shape index (κ3) is 4.71. The summed E-state index contributed by atoms with van der Waals surface area (Å²) in [5, 5.41) is 0. The van der Waals surface area contributed by atoms with Crippen LogP contribution in [0, 0.1) is 0 Å². The minimum atomic E-state index is 0.0651. The number of carbonyl (C=O) groups is 1. The zero-order valence-corrected chi connectivity index (χ0v) is 20.8. The Kier molecular flexibility index (Phi) is 7.16. The lowest BCUT2D eigenvalue weighted by Gasteiger charge is -2.39. The molecule has 5 rings (SSSR count). The molecule has 1 aliphatic carbocycles. The van der Waals surface area contributed by atoms with Crippen molar-refractivity contribution in [3.8, 4) is 16.9 Å². The maximum Gasteiger partial charge on any atom is 0.257 e. The summed E-state index contributed by atoms with van der Waals surface area (Å²) in [5.41, 5.74) is 6.09. The second-order valence-corrected chi connectivity index (χ2v) is 9.28. The van der Waals surface area contributed by atoms with E-state index in [0.29, 0.717) is 31.0 Å². The third-order valence-electron chi connectivity index (χ3n) is 7.44. The molecule has 0 aromatic heterocycles.